The molecule has 0 unspecified atom stereocenters. The van der Waals surface area contributed by atoms with Crippen LogP contribution >= 0.6 is 11.6 Å². The van der Waals surface area contributed by atoms with Crippen LogP contribution in [0.1, 0.15) is 17.9 Å². The van der Waals surface area contributed by atoms with Crippen molar-refractivity contribution in [2.24, 2.45) is 0 Å². The third-order valence-corrected chi connectivity index (χ3v) is 4.74. The molecule has 3 rings (SSSR count). The number of amides is 1. The SMILES string of the molecule is COc1ccc(-c2cnc(CCC(=O)Nc3cccc(Cl)c3C)o2)c(OC)c1. The Balaban J connectivity index is 1.65. The highest BCUT2D eigenvalue weighted by atomic mass is 35.5. The van der Waals surface area contributed by atoms with Gasteiger partial charge in [-0.1, -0.05) is 17.7 Å². The number of halogens is 1. The van der Waals surface area contributed by atoms with E-state index in [0.29, 0.717) is 40.3 Å². The van der Waals surface area contributed by atoms with Crippen molar-refractivity contribution < 1.29 is 18.7 Å². The predicted molar refractivity (Wildman–Crippen MR) is 108 cm³/mol. The molecule has 0 fully saturated rings. The average molecular weight is 401 g/mol. The van der Waals surface area contributed by atoms with Crippen molar-refractivity contribution in [1.29, 1.82) is 0 Å². The van der Waals surface area contributed by atoms with Crippen molar-refractivity contribution in [3.05, 3.63) is 59.1 Å². The number of nitrogens with zero attached hydrogens (tertiary/aromatic N) is 1. The zero-order valence-electron chi connectivity index (χ0n) is 15.9. The summed E-state index contributed by atoms with van der Waals surface area (Å²) >= 11 is 6.08. The smallest absolute Gasteiger partial charge is 0.224 e. The average Bonchev–Trinajstić information content (AvgIpc) is 3.18. The van der Waals surface area contributed by atoms with Gasteiger partial charge in [0.1, 0.15) is 11.5 Å². The van der Waals surface area contributed by atoms with E-state index in [1.165, 1.54) is 0 Å². The normalized spacial score (nSPS) is 10.6. The summed E-state index contributed by atoms with van der Waals surface area (Å²) in [7, 11) is 3.18. The Kier molecular flexibility index (Phi) is 6.21. The molecule has 7 heteroatoms. The number of hydrogen-bond acceptors (Lipinski definition) is 5. The van der Waals surface area contributed by atoms with E-state index < -0.39 is 0 Å². The molecule has 0 spiro atoms. The molecule has 28 heavy (non-hydrogen) atoms. The highest BCUT2D eigenvalue weighted by molar-refractivity contribution is 6.31. The summed E-state index contributed by atoms with van der Waals surface area (Å²) in [6.45, 7) is 1.86. The molecule has 0 saturated heterocycles. The zero-order valence-corrected chi connectivity index (χ0v) is 16.7. The third-order valence-electron chi connectivity index (χ3n) is 4.34. The molecule has 1 N–H and O–H groups in total. The van der Waals surface area contributed by atoms with E-state index in [0.717, 1.165) is 11.1 Å². The van der Waals surface area contributed by atoms with Crippen molar-refractivity contribution in [1.82, 2.24) is 4.98 Å². The van der Waals surface area contributed by atoms with E-state index in [1.807, 2.05) is 25.1 Å². The van der Waals surface area contributed by atoms with Crippen LogP contribution in [0.5, 0.6) is 11.5 Å². The van der Waals surface area contributed by atoms with Crippen LogP contribution in [-0.2, 0) is 11.2 Å². The number of anilines is 1. The Hall–Kier alpha value is -2.99. The minimum Gasteiger partial charge on any atom is -0.497 e. The lowest BCUT2D eigenvalue weighted by atomic mass is 10.1. The van der Waals surface area contributed by atoms with Gasteiger partial charge in [0.15, 0.2) is 11.7 Å². The number of aryl methyl sites for hydroxylation is 1. The number of ether oxygens (including phenoxy) is 2. The van der Waals surface area contributed by atoms with Crippen molar-refractivity contribution in [2.45, 2.75) is 19.8 Å². The van der Waals surface area contributed by atoms with Gasteiger partial charge in [-0.2, -0.15) is 0 Å². The van der Waals surface area contributed by atoms with Gasteiger partial charge < -0.3 is 19.2 Å². The van der Waals surface area contributed by atoms with Gasteiger partial charge in [0, 0.05) is 29.6 Å². The molecule has 0 radical (unpaired) electrons. The van der Waals surface area contributed by atoms with Gasteiger partial charge in [-0.3, -0.25) is 4.79 Å². The van der Waals surface area contributed by atoms with E-state index in [9.17, 15) is 4.79 Å². The van der Waals surface area contributed by atoms with Crippen molar-refractivity contribution in [3.8, 4) is 22.8 Å². The minimum absolute atomic E-state index is 0.132. The molecular weight excluding hydrogens is 380 g/mol. The summed E-state index contributed by atoms with van der Waals surface area (Å²) in [5, 5.41) is 3.48. The Morgan fingerprint density at radius 2 is 2.04 bits per heavy atom. The first-order valence-electron chi connectivity index (χ1n) is 8.74. The quantitative estimate of drug-likeness (QED) is 0.611. The number of nitrogens with one attached hydrogen (secondary N) is 1. The first-order chi connectivity index (χ1) is 13.5. The van der Waals surface area contributed by atoms with Crippen LogP contribution < -0.4 is 14.8 Å². The maximum absolute atomic E-state index is 12.2. The maximum atomic E-state index is 12.2. The Bertz CT molecular complexity index is 984. The van der Waals surface area contributed by atoms with E-state index in [1.54, 1.807) is 38.6 Å². The number of aromatic nitrogens is 1. The van der Waals surface area contributed by atoms with Gasteiger partial charge in [0.2, 0.25) is 5.91 Å². The molecule has 0 aliphatic carbocycles. The van der Waals surface area contributed by atoms with Crippen LogP contribution in [0.25, 0.3) is 11.3 Å². The van der Waals surface area contributed by atoms with Crippen LogP contribution in [0.4, 0.5) is 5.69 Å². The minimum atomic E-state index is -0.132. The molecule has 0 bridgehead atoms. The fourth-order valence-corrected chi connectivity index (χ4v) is 2.90. The van der Waals surface area contributed by atoms with Gasteiger partial charge in [0.25, 0.3) is 0 Å². The monoisotopic (exact) mass is 400 g/mol. The molecule has 0 aliphatic heterocycles. The fourth-order valence-electron chi connectivity index (χ4n) is 2.73. The van der Waals surface area contributed by atoms with E-state index in [4.69, 9.17) is 25.5 Å². The van der Waals surface area contributed by atoms with Crippen LogP contribution in [0.3, 0.4) is 0 Å². The summed E-state index contributed by atoms with van der Waals surface area (Å²) in [6, 6.07) is 10.8. The van der Waals surface area contributed by atoms with Crippen LogP contribution in [0.15, 0.2) is 47.0 Å². The molecule has 2 aromatic carbocycles. The summed E-state index contributed by atoms with van der Waals surface area (Å²) in [4.78, 5) is 16.5. The number of carbonyl (C=O) groups is 1. The molecular formula is C21H21ClN2O4. The summed E-state index contributed by atoms with van der Waals surface area (Å²) in [5.74, 6) is 2.23. The van der Waals surface area contributed by atoms with E-state index in [-0.39, 0.29) is 12.3 Å². The number of benzene rings is 2. The molecule has 146 valence electrons. The first-order valence-corrected chi connectivity index (χ1v) is 9.11. The number of methoxy groups -OCH3 is 2. The van der Waals surface area contributed by atoms with Crippen LogP contribution in [-0.4, -0.2) is 25.1 Å². The zero-order chi connectivity index (χ0) is 20.1. The fraction of sp³-hybridized carbons (Fsp3) is 0.238. The standard InChI is InChI=1S/C21H21ClN2O4/c1-13-16(22)5-4-6-17(13)24-20(25)9-10-21-23-12-19(28-21)15-8-7-14(26-2)11-18(15)27-3/h4-8,11-12H,9-10H2,1-3H3,(H,24,25). The van der Waals surface area contributed by atoms with Gasteiger partial charge in [-0.05, 0) is 36.8 Å². The van der Waals surface area contributed by atoms with Crippen LogP contribution in [0, 0.1) is 6.92 Å². The predicted octanol–water partition coefficient (Wildman–Crippen LogP) is 4.89. The van der Waals surface area contributed by atoms with Gasteiger partial charge >= 0.3 is 0 Å². The summed E-state index contributed by atoms with van der Waals surface area (Å²) < 4.78 is 16.4. The van der Waals surface area contributed by atoms with Gasteiger partial charge in [-0.25, -0.2) is 4.98 Å². The molecule has 1 amide bonds. The molecule has 0 saturated carbocycles. The lowest BCUT2D eigenvalue weighted by Crippen LogP contribution is -2.13. The van der Waals surface area contributed by atoms with Gasteiger partial charge in [-0.15, -0.1) is 0 Å². The first kappa shape index (κ1) is 19.8. The van der Waals surface area contributed by atoms with Crippen molar-refractivity contribution in [3.63, 3.8) is 0 Å². The second kappa shape index (κ2) is 8.80. The van der Waals surface area contributed by atoms with Crippen molar-refractivity contribution in [2.75, 3.05) is 19.5 Å². The Labute approximate surface area is 168 Å². The summed E-state index contributed by atoms with van der Waals surface area (Å²) in [6.07, 6.45) is 2.24. The molecule has 3 aromatic rings. The van der Waals surface area contributed by atoms with E-state index >= 15 is 0 Å². The third kappa shape index (κ3) is 4.46. The molecule has 6 nitrogen and oxygen atoms in total. The molecule has 1 heterocycles. The highest BCUT2D eigenvalue weighted by Crippen LogP contribution is 2.33. The second-order valence-corrected chi connectivity index (χ2v) is 6.55. The number of rotatable bonds is 7. The Morgan fingerprint density at radius 1 is 1.21 bits per heavy atom. The molecule has 0 atom stereocenters. The Morgan fingerprint density at radius 3 is 2.79 bits per heavy atom. The molecule has 1 aromatic heterocycles. The second-order valence-electron chi connectivity index (χ2n) is 6.15. The number of oxazole rings is 1. The lowest BCUT2D eigenvalue weighted by molar-refractivity contribution is -0.116. The highest BCUT2D eigenvalue weighted by Gasteiger charge is 2.14. The topological polar surface area (TPSA) is 73.6 Å². The van der Waals surface area contributed by atoms with Crippen LogP contribution in [0.2, 0.25) is 5.02 Å². The molecule has 0 aliphatic rings. The van der Waals surface area contributed by atoms with Gasteiger partial charge in [0.05, 0.1) is 26.0 Å². The maximum Gasteiger partial charge on any atom is 0.224 e. The van der Waals surface area contributed by atoms with E-state index in [2.05, 4.69) is 10.3 Å². The number of carbonyl (C=O) groups excluding carboxylic acids is 1. The largest absolute Gasteiger partial charge is 0.497 e. The lowest BCUT2D eigenvalue weighted by Gasteiger charge is -2.09. The number of hydrogen-bond donors (Lipinski definition) is 1. The van der Waals surface area contributed by atoms with Crippen molar-refractivity contribution >= 4 is 23.2 Å². The summed E-state index contributed by atoms with van der Waals surface area (Å²) in [5.41, 5.74) is 2.30.